The maximum atomic E-state index is 12.8. The van der Waals surface area contributed by atoms with Crippen molar-refractivity contribution in [3.63, 3.8) is 0 Å². The van der Waals surface area contributed by atoms with Crippen molar-refractivity contribution in [3.8, 4) is 0 Å². The van der Waals surface area contributed by atoms with Gasteiger partial charge in [-0.3, -0.25) is 0 Å². The van der Waals surface area contributed by atoms with Crippen molar-refractivity contribution in [2.75, 3.05) is 6.54 Å². The minimum Gasteiger partial charge on any atom is -0.245 e. The molecule has 1 rings (SSSR count). The van der Waals surface area contributed by atoms with Gasteiger partial charge < -0.3 is 0 Å². The van der Waals surface area contributed by atoms with Crippen molar-refractivity contribution in [2.24, 2.45) is 10.9 Å². The average Bonchev–Trinajstić information content (AvgIpc) is 1.79. The fraction of sp³-hybridized carbons (Fsp3) is 0.857. The molecular formula is C7H10FNO. The van der Waals surface area contributed by atoms with Gasteiger partial charge in [0.25, 0.3) is 0 Å². The number of rotatable bonds is 3. The number of hydrogen-bond acceptors (Lipinski definition) is 2. The Hall–Kier alpha value is -0.690. The molecule has 0 saturated heterocycles. The minimum atomic E-state index is -0.907. The summed E-state index contributed by atoms with van der Waals surface area (Å²) in [6, 6.07) is 0. The second kappa shape index (κ2) is 3.47. The molecule has 0 spiro atoms. The Balaban J connectivity index is 2.19. The van der Waals surface area contributed by atoms with E-state index in [0.29, 0.717) is 0 Å². The molecule has 1 aliphatic carbocycles. The molecule has 10 heavy (non-hydrogen) atoms. The fourth-order valence-electron chi connectivity index (χ4n) is 1.08. The molecule has 1 unspecified atom stereocenters. The second-order valence-corrected chi connectivity index (χ2v) is 2.64. The maximum absolute atomic E-state index is 12.8. The number of hydrogen-bond donors (Lipinski definition) is 0. The van der Waals surface area contributed by atoms with Crippen LogP contribution in [0.3, 0.4) is 0 Å². The molecular weight excluding hydrogens is 133 g/mol. The van der Waals surface area contributed by atoms with Crippen molar-refractivity contribution in [1.82, 2.24) is 0 Å². The van der Waals surface area contributed by atoms with Gasteiger partial charge in [0.05, 0.1) is 6.54 Å². The van der Waals surface area contributed by atoms with Crippen molar-refractivity contribution in [1.29, 1.82) is 0 Å². The van der Waals surface area contributed by atoms with Gasteiger partial charge in [-0.1, -0.05) is 6.42 Å². The third kappa shape index (κ3) is 1.64. The molecule has 0 heterocycles. The molecule has 1 fully saturated rings. The highest BCUT2D eigenvalue weighted by molar-refractivity contribution is 5.32. The maximum Gasteiger partial charge on any atom is 0.235 e. The summed E-state index contributed by atoms with van der Waals surface area (Å²) < 4.78 is 12.8. The number of isocyanates is 1. The van der Waals surface area contributed by atoms with E-state index in [9.17, 15) is 9.18 Å². The third-order valence-electron chi connectivity index (χ3n) is 1.99. The van der Waals surface area contributed by atoms with E-state index >= 15 is 0 Å². The largest absolute Gasteiger partial charge is 0.245 e. The second-order valence-electron chi connectivity index (χ2n) is 2.64. The molecule has 1 atom stereocenters. The topological polar surface area (TPSA) is 29.4 Å². The summed E-state index contributed by atoms with van der Waals surface area (Å²) in [6.07, 6.45) is 3.46. The van der Waals surface area contributed by atoms with Crippen LogP contribution in [-0.4, -0.2) is 18.8 Å². The molecule has 0 aromatic rings. The molecule has 0 amide bonds. The first-order valence-electron chi connectivity index (χ1n) is 3.52. The monoisotopic (exact) mass is 143 g/mol. The molecule has 1 aliphatic rings. The molecule has 56 valence electrons. The quantitative estimate of drug-likeness (QED) is 0.434. The Labute approximate surface area is 59.1 Å². The van der Waals surface area contributed by atoms with E-state index < -0.39 is 6.17 Å². The van der Waals surface area contributed by atoms with Gasteiger partial charge in [-0.2, -0.15) is 0 Å². The Kier molecular flexibility index (Phi) is 2.57. The van der Waals surface area contributed by atoms with Gasteiger partial charge in [0.1, 0.15) is 6.17 Å². The summed E-state index contributed by atoms with van der Waals surface area (Å²) in [5.74, 6) is 0.164. The molecule has 0 N–H and O–H groups in total. The number of halogens is 1. The van der Waals surface area contributed by atoms with E-state index in [1.807, 2.05) is 0 Å². The zero-order chi connectivity index (χ0) is 7.40. The first kappa shape index (κ1) is 7.42. The molecule has 0 aliphatic heterocycles. The van der Waals surface area contributed by atoms with Crippen LogP contribution in [0.5, 0.6) is 0 Å². The lowest BCUT2D eigenvalue weighted by Gasteiger charge is -2.27. The van der Waals surface area contributed by atoms with Crippen molar-refractivity contribution >= 4 is 6.08 Å². The van der Waals surface area contributed by atoms with Crippen LogP contribution in [0.2, 0.25) is 0 Å². The van der Waals surface area contributed by atoms with E-state index in [2.05, 4.69) is 4.99 Å². The van der Waals surface area contributed by atoms with Gasteiger partial charge in [-0.25, -0.2) is 14.2 Å². The Morgan fingerprint density at radius 1 is 1.70 bits per heavy atom. The lowest BCUT2D eigenvalue weighted by Crippen LogP contribution is -2.25. The summed E-state index contributed by atoms with van der Waals surface area (Å²) in [4.78, 5) is 12.8. The first-order chi connectivity index (χ1) is 4.84. The van der Waals surface area contributed by atoms with Crippen LogP contribution in [0.15, 0.2) is 4.99 Å². The highest BCUT2D eigenvalue weighted by Crippen LogP contribution is 2.31. The van der Waals surface area contributed by atoms with Crippen LogP contribution >= 0.6 is 0 Å². The highest BCUT2D eigenvalue weighted by Gasteiger charge is 2.26. The molecule has 1 saturated carbocycles. The summed E-state index contributed by atoms with van der Waals surface area (Å²) in [6.45, 7) is 0.00810. The summed E-state index contributed by atoms with van der Waals surface area (Å²) >= 11 is 0. The average molecular weight is 143 g/mol. The lowest BCUT2D eigenvalue weighted by atomic mass is 9.82. The van der Waals surface area contributed by atoms with Crippen LogP contribution in [0.4, 0.5) is 4.39 Å². The van der Waals surface area contributed by atoms with Gasteiger partial charge in [-0.15, -0.1) is 0 Å². The smallest absolute Gasteiger partial charge is 0.235 e. The summed E-state index contributed by atoms with van der Waals surface area (Å²) in [7, 11) is 0. The highest BCUT2D eigenvalue weighted by atomic mass is 19.1. The SMILES string of the molecule is O=C=NCC(F)C1CCC1. The number of alkyl halides is 1. The Morgan fingerprint density at radius 2 is 2.40 bits per heavy atom. The van der Waals surface area contributed by atoms with Gasteiger partial charge in [0.2, 0.25) is 6.08 Å². The van der Waals surface area contributed by atoms with Gasteiger partial charge in [0.15, 0.2) is 0 Å². The fourth-order valence-corrected chi connectivity index (χ4v) is 1.08. The number of carbonyl (C=O) groups excluding carboxylic acids is 1. The van der Waals surface area contributed by atoms with Crippen molar-refractivity contribution in [2.45, 2.75) is 25.4 Å². The molecule has 0 aromatic heterocycles. The van der Waals surface area contributed by atoms with Crippen LogP contribution < -0.4 is 0 Å². The summed E-state index contributed by atoms with van der Waals surface area (Å²) in [5, 5.41) is 0. The van der Waals surface area contributed by atoms with E-state index in [4.69, 9.17) is 0 Å². The zero-order valence-corrected chi connectivity index (χ0v) is 5.72. The van der Waals surface area contributed by atoms with Crippen LogP contribution in [0.1, 0.15) is 19.3 Å². The Bertz CT molecular complexity index is 150. The van der Waals surface area contributed by atoms with Crippen LogP contribution in [-0.2, 0) is 4.79 Å². The normalized spacial score (nSPS) is 20.9. The number of nitrogens with zero attached hydrogens (tertiary/aromatic N) is 1. The standard InChI is InChI=1S/C7H10FNO/c8-7(4-9-5-10)6-2-1-3-6/h6-7H,1-4H2. The lowest BCUT2D eigenvalue weighted by molar-refractivity contribution is 0.155. The van der Waals surface area contributed by atoms with E-state index in [-0.39, 0.29) is 12.5 Å². The Morgan fingerprint density at radius 3 is 2.80 bits per heavy atom. The predicted octanol–water partition coefficient (Wildman–Crippen LogP) is 1.46. The first-order valence-corrected chi connectivity index (χ1v) is 3.52. The molecule has 0 radical (unpaired) electrons. The van der Waals surface area contributed by atoms with E-state index in [0.717, 1.165) is 19.3 Å². The zero-order valence-electron chi connectivity index (χ0n) is 5.72. The van der Waals surface area contributed by atoms with Crippen molar-refractivity contribution in [3.05, 3.63) is 0 Å². The van der Waals surface area contributed by atoms with E-state index in [1.165, 1.54) is 6.08 Å². The summed E-state index contributed by atoms with van der Waals surface area (Å²) in [5.41, 5.74) is 0. The third-order valence-corrected chi connectivity index (χ3v) is 1.99. The number of aliphatic imine (C=N–C) groups is 1. The van der Waals surface area contributed by atoms with E-state index in [1.54, 1.807) is 0 Å². The van der Waals surface area contributed by atoms with Crippen molar-refractivity contribution < 1.29 is 9.18 Å². The minimum absolute atomic E-state index is 0.00810. The van der Waals surface area contributed by atoms with Crippen LogP contribution in [0.25, 0.3) is 0 Å². The van der Waals surface area contributed by atoms with Crippen LogP contribution in [0, 0.1) is 5.92 Å². The molecule has 0 bridgehead atoms. The molecule has 3 heteroatoms. The van der Waals surface area contributed by atoms with Gasteiger partial charge in [-0.05, 0) is 18.8 Å². The van der Waals surface area contributed by atoms with Gasteiger partial charge >= 0.3 is 0 Å². The molecule has 2 nitrogen and oxygen atoms in total. The predicted molar refractivity (Wildman–Crippen MR) is 35.2 cm³/mol. The van der Waals surface area contributed by atoms with Gasteiger partial charge in [0, 0.05) is 0 Å². The molecule has 0 aromatic carbocycles.